The van der Waals surface area contributed by atoms with Crippen molar-refractivity contribution >= 4 is 17.7 Å². The van der Waals surface area contributed by atoms with E-state index in [1.165, 1.54) is 6.26 Å². The van der Waals surface area contributed by atoms with Gasteiger partial charge in [-0.1, -0.05) is 12.1 Å². The van der Waals surface area contributed by atoms with Gasteiger partial charge in [0, 0.05) is 25.1 Å². The predicted octanol–water partition coefficient (Wildman–Crippen LogP) is 1.45. The molecule has 0 aliphatic carbocycles. The number of carbonyl (C=O) groups is 3. The number of benzene rings is 1. The van der Waals surface area contributed by atoms with Crippen LogP contribution in [0.5, 0.6) is 0 Å². The van der Waals surface area contributed by atoms with Gasteiger partial charge in [-0.25, -0.2) is 0 Å². The number of nitrogens with zero attached hydrogens (tertiary/aromatic N) is 1. The summed E-state index contributed by atoms with van der Waals surface area (Å²) >= 11 is 0. The van der Waals surface area contributed by atoms with E-state index in [-0.39, 0.29) is 30.8 Å². The maximum Gasteiger partial charge on any atom is 0.251 e. The SMILES string of the molecule is O=C(CNC(=O)c1cccc(CN2CCCC2=O)c1)NCc1ccco1. The third kappa shape index (κ3) is 4.72. The smallest absolute Gasteiger partial charge is 0.251 e. The quantitative estimate of drug-likeness (QED) is 0.786. The topological polar surface area (TPSA) is 91.7 Å². The fraction of sp³-hybridized carbons (Fsp3) is 0.316. The Morgan fingerprint density at radius 3 is 2.77 bits per heavy atom. The average Bonchev–Trinajstić information content (AvgIpc) is 3.30. The van der Waals surface area contributed by atoms with Crippen LogP contribution in [0, 0.1) is 0 Å². The molecule has 1 fully saturated rings. The van der Waals surface area contributed by atoms with Crippen molar-refractivity contribution in [1.82, 2.24) is 15.5 Å². The van der Waals surface area contributed by atoms with Crippen molar-refractivity contribution in [3.63, 3.8) is 0 Å². The van der Waals surface area contributed by atoms with E-state index in [1.54, 1.807) is 35.2 Å². The third-order valence-corrected chi connectivity index (χ3v) is 4.18. The summed E-state index contributed by atoms with van der Waals surface area (Å²) in [6, 6.07) is 10.6. The average molecular weight is 355 g/mol. The highest BCUT2D eigenvalue weighted by molar-refractivity contribution is 5.96. The van der Waals surface area contributed by atoms with Crippen LogP contribution in [0.1, 0.15) is 34.5 Å². The van der Waals surface area contributed by atoms with E-state index >= 15 is 0 Å². The molecule has 3 rings (SSSR count). The van der Waals surface area contributed by atoms with Crippen molar-refractivity contribution in [2.45, 2.75) is 25.9 Å². The van der Waals surface area contributed by atoms with Crippen molar-refractivity contribution in [1.29, 1.82) is 0 Å². The largest absolute Gasteiger partial charge is 0.467 e. The molecule has 1 aliphatic rings. The lowest BCUT2D eigenvalue weighted by molar-refractivity contribution is -0.128. The maximum absolute atomic E-state index is 12.2. The highest BCUT2D eigenvalue weighted by Crippen LogP contribution is 2.15. The van der Waals surface area contributed by atoms with Crippen LogP contribution >= 0.6 is 0 Å². The van der Waals surface area contributed by atoms with Crippen LogP contribution in [-0.4, -0.2) is 35.7 Å². The van der Waals surface area contributed by atoms with Crippen LogP contribution in [0.4, 0.5) is 0 Å². The molecule has 0 saturated carbocycles. The van der Waals surface area contributed by atoms with Crippen LogP contribution in [0.3, 0.4) is 0 Å². The first kappa shape index (κ1) is 17.7. The second kappa shape index (κ2) is 8.33. The molecule has 7 nitrogen and oxygen atoms in total. The number of nitrogens with one attached hydrogen (secondary N) is 2. The summed E-state index contributed by atoms with van der Waals surface area (Å²) in [6.45, 7) is 1.42. The van der Waals surface area contributed by atoms with Crippen LogP contribution in [0.25, 0.3) is 0 Å². The molecule has 0 unspecified atom stereocenters. The molecule has 26 heavy (non-hydrogen) atoms. The number of carbonyl (C=O) groups excluding carboxylic acids is 3. The zero-order chi connectivity index (χ0) is 18.4. The van der Waals surface area contributed by atoms with Crippen molar-refractivity contribution in [2.24, 2.45) is 0 Å². The third-order valence-electron chi connectivity index (χ3n) is 4.18. The molecule has 2 aromatic rings. The summed E-state index contributed by atoms with van der Waals surface area (Å²) in [6.07, 6.45) is 3.01. The number of furan rings is 1. The summed E-state index contributed by atoms with van der Waals surface area (Å²) in [5.41, 5.74) is 1.36. The molecule has 1 aromatic carbocycles. The monoisotopic (exact) mass is 355 g/mol. The molecule has 0 bridgehead atoms. The number of hydrogen-bond donors (Lipinski definition) is 2. The van der Waals surface area contributed by atoms with Gasteiger partial charge < -0.3 is 20.0 Å². The van der Waals surface area contributed by atoms with Crippen LogP contribution in [-0.2, 0) is 22.7 Å². The Balaban J connectivity index is 1.48. The summed E-state index contributed by atoms with van der Waals surface area (Å²) in [5, 5.41) is 5.26. The Morgan fingerprint density at radius 1 is 1.15 bits per heavy atom. The van der Waals surface area contributed by atoms with Gasteiger partial charge in [0.15, 0.2) is 0 Å². The summed E-state index contributed by atoms with van der Waals surface area (Å²) in [4.78, 5) is 37.5. The van der Waals surface area contributed by atoms with Crippen molar-refractivity contribution in [3.05, 3.63) is 59.5 Å². The molecule has 1 aromatic heterocycles. The molecular weight excluding hydrogens is 334 g/mol. The van der Waals surface area contributed by atoms with Gasteiger partial charge in [-0.2, -0.15) is 0 Å². The molecule has 3 amide bonds. The number of likely N-dealkylation sites (tertiary alicyclic amines) is 1. The lowest BCUT2D eigenvalue weighted by atomic mass is 10.1. The Bertz CT molecular complexity index is 786. The first-order valence-corrected chi connectivity index (χ1v) is 8.56. The number of hydrogen-bond acceptors (Lipinski definition) is 4. The molecule has 2 heterocycles. The summed E-state index contributed by atoms with van der Waals surface area (Å²) < 4.78 is 5.12. The zero-order valence-electron chi connectivity index (χ0n) is 14.4. The van der Waals surface area contributed by atoms with E-state index in [2.05, 4.69) is 10.6 Å². The van der Waals surface area contributed by atoms with Crippen LogP contribution in [0.2, 0.25) is 0 Å². The Labute approximate surface area is 151 Å². The molecule has 0 spiro atoms. The van der Waals surface area contributed by atoms with Gasteiger partial charge in [-0.15, -0.1) is 0 Å². The molecule has 1 saturated heterocycles. The fourth-order valence-corrected chi connectivity index (χ4v) is 2.83. The normalized spacial score (nSPS) is 13.7. The van der Waals surface area contributed by atoms with E-state index in [9.17, 15) is 14.4 Å². The van der Waals surface area contributed by atoms with E-state index in [0.717, 1.165) is 18.5 Å². The number of rotatable bonds is 7. The summed E-state index contributed by atoms with van der Waals surface area (Å²) in [5.74, 6) is 0.170. The highest BCUT2D eigenvalue weighted by Gasteiger charge is 2.20. The van der Waals surface area contributed by atoms with Gasteiger partial charge in [0.1, 0.15) is 5.76 Å². The van der Waals surface area contributed by atoms with Gasteiger partial charge in [0.05, 0.1) is 19.4 Å². The highest BCUT2D eigenvalue weighted by atomic mass is 16.3. The molecule has 136 valence electrons. The Morgan fingerprint density at radius 2 is 2.04 bits per heavy atom. The van der Waals surface area contributed by atoms with Crippen molar-refractivity contribution in [2.75, 3.05) is 13.1 Å². The van der Waals surface area contributed by atoms with E-state index < -0.39 is 0 Å². The minimum atomic E-state index is -0.326. The molecule has 7 heteroatoms. The Kier molecular flexibility index (Phi) is 5.68. The predicted molar refractivity (Wildman–Crippen MR) is 94.0 cm³/mol. The van der Waals surface area contributed by atoms with Gasteiger partial charge in [0.2, 0.25) is 11.8 Å². The van der Waals surface area contributed by atoms with Crippen molar-refractivity contribution in [3.8, 4) is 0 Å². The molecule has 1 aliphatic heterocycles. The lowest BCUT2D eigenvalue weighted by Crippen LogP contribution is -2.36. The fourth-order valence-electron chi connectivity index (χ4n) is 2.83. The second-order valence-electron chi connectivity index (χ2n) is 6.16. The van der Waals surface area contributed by atoms with Crippen LogP contribution < -0.4 is 10.6 Å². The Hall–Kier alpha value is -3.09. The van der Waals surface area contributed by atoms with Gasteiger partial charge >= 0.3 is 0 Å². The van der Waals surface area contributed by atoms with Gasteiger partial charge in [-0.05, 0) is 36.2 Å². The molecule has 0 atom stereocenters. The zero-order valence-corrected chi connectivity index (χ0v) is 14.4. The second-order valence-corrected chi connectivity index (χ2v) is 6.16. The standard InChI is InChI=1S/C19H21N3O4/c23-17(20-11-16-6-3-9-26-16)12-21-19(25)15-5-1-4-14(10-15)13-22-8-2-7-18(22)24/h1,3-6,9-10H,2,7-8,11-13H2,(H,20,23)(H,21,25). The maximum atomic E-state index is 12.2. The lowest BCUT2D eigenvalue weighted by Gasteiger charge is -2.16. The number of amides is 3. The first-order valence-electron chi connectivity index (χ1n) is 8.56. The minimum Gasteiger partial charge on any atom is -0.467 e. The molecule has 2 N–H and O–H groups in total. The first-order chi connectivity index (χ1) is 12.6. The summed E-state index contributed by atoms with van der Waals surface area (Å²) in [7, 11) is 0. The van der Waals surface area contributed by atoms with Gasteiger partial charge in [-0.3, -0.25) is 14.4 Å². The van der Waals surface area contributed by atoms with Crippen molar-refractivity contribution < 1.29 is 18.8 Å². The van der Waals surface area contributed by atoms with E-state index in [4.69, 9.17) is 4.42 Å². The minimum absolute atomic E-state index is 0.117. The molecule has 0 radical (unpaired) electrons. The van der Waals surface area contributed by atoms with E-state index in [0.29, 0.717) is 24.3 Å². The molecular formula is C19H21N3O4. The van der Waals surface area contributed by atoms with E-state index in [1.807, 2.05) is 6.07 Å². The van der Waals surface area contributed by atoms with Gasteiger partial charge in [0.25, 0.3) is 5.91 Å². The van der Waals surface area contributed by atoms with Crippen LogP contribution in [0.15, 0.2) is 47.1 Å².